The number of hydrogen-bond acceptors (Lipinski definition) is 3. The van der Waals surface area contributed by atoms with Crippen LogP contribution in [0.1, 0.15) is 42.4 Å². The second kappa shape index (κ2) is 7.11. The third kappa shape index (κ3) is 3.24. The van der Waals surface area contributed by atoms with Crippen molar-refractivity contribution in [2.45, 2.75) is 26.3 Å². The van der Waals surface area contributed by atoms with Gasteiger partial charge in [0.15, 0.2) is 5.76 Å². The maximum atomic E-state index is 12.3. The van der Waals surface area contributed by atoms with E-state index in [0.29, 0.717) is 11.6 Å². The fourth-order valence-electron chi connectivity index (χ4n) is 3.21. The maximum Gasteiger partial charge on any atom is 0.307 e. The van der Waals surface area contributed by atoms with Gasteiger partial charge in [0.2, 0.25) is 0 Å². The number of benzene rings is 2. The van der Waals surface area contributed by atoms with E-state index in [1.807, 2.05) is 36.4 Å². The van der Waals surface area contributed by atoms with Crippen LogP contribution in [0.3, 0.4) is 0 Å². The molecule has 1 amide bonds. The number of aromatic nitrogens is 1. The van der Waals surface area contributed by atoms with Crippen molar-refractivity contribution in [3.8, 4) is 0 Å². The molecule has 1 N–H and O–H groups in total. The first-order chi connectivity index (χ1) is 13.2. The number of hydrazone groups is 1. The highest BCUT2D eigenvalue weighted by atomic mass is 16.3. The van der Waals surface area contributed by atoms with E-state index in [1.165, 1.54) is 0 Å². The Hall–Kier alpha value is -3.34. The smallest absolute Gasteiger partial charge is 0.307 e. The number of carbonyl (C=O) groups excluding carboxylic acids is 1. The highest BCUT2D eigenvalue weighted by molar-refractivity contribution is 6.01. The standard InChI is InChI=1S/C22H21N3O2/c1-3-15(2)25-14-17(18-9-5-6-10-19(18)25)13-23-24-22(26)21-12-16-8-4-7-11-20(16)27-21/h4-15H,3H2,1-2H3,(H,24,26)/b23-13+/t15-/m1/s1. The Kier molecular flexibility index (Phi) is 4.50. The Morgan fingerprint density at radius 1 is 1.22 bits per heavy atom. The molecule has 0 saturated carbocycles. The highest BCUT2D eigenvalue weighted by Crippen LogP contribution is 2.25. The maximum absolute atomic E-state index is 12.3. The van der Waals surface area contributed by atoms with Gasteiger partial charge >= 0.3 is 5.91 Å². The van der Waals surface area contributed by atoms with Crippen LogP contribution >= 0.6 is 0 Å². The van der Waals surface area contributed by atoms with Crippen molar-refractivity contribution >= 4 is 34.0 Å². The predicted molar refractivity (Wildman–Crippen MR) is 108 cm³/mol. The molecule has 0 unspecified atom stereocenters. The Bertz CT molecular complexity index is 1100. The minimum absolute atomic E-state index is 0.246. The number of hydrogen-bond donors (Lipinski definition) is 1. The lowest BCUT2D eigenvalue weighted by atomic mass is 10.2. The van der Waals surface area contributed by atoms with Crippen molar-refractivity contribution < 1.29 is 9.21 Å². The molecule has 2 aromatic heterocycles. The molecule has 0 bridgehead atoms. The minimum atomic E-state index is -0.367. The second-order valence-corrected chi connectivity index (χ2v) is 6.61. The average Bonchev–Trinajstić information content (AvgIpc) is 3.29. The van der Waals surface area contributed by atoms with E-state index in [9.17, 15) is 4.79 Å². The van der Waals surface area contributed by atoms with Gasteiger partial charge in [0.05, 0.1) is 6.21 Å². The highest BCUT2D eigenvalue weighted by Gasteiger charge is 2.12. The topological polar surface area (TPSA) is 59.5 Å². The van der Waals surface area contributed by atoms with E-state index in [4.69, 9.17) is 4.42 Å². The molecule has 5 heteroatoms. The zero-order valence-electron chi connectivity index (χ0n) is 15.3. The Labute approximate surface area is 157 Å². The lowest BCUT2D eigenvalue weighted by Gasteiger charge is -2.12. The number of carbonyl (C=O) groups is 1. The summed E-state index contributed by atoms with van der Waals surface area (Å²) in [6.45, 7) is 4.36. The molecule has 0 aliphatic rings. The van der Waals surface area contributed by atoms with E-state index < -0.39 is 0 Å². The summed E-state index contributed by atoms with van der Waals surface area (Å²) in [4.78, 5) is 12.3. The first-order valence-electron chi connectivity index (χ1n) is 9.09. The molecule has 4 rings (SSSR count). The molecule has 1 atom stereocenters. The third-order valence-corrected chi connectivity index (χ3v) is 4.86. The van der Waals surface area contributed by atoms with Crippen LogP contribution in [-0.2, 0) is 0 Å². The number of para-hydroxylation sites is 2. The summed E-state index contributed by atoms with van der Waals surface area (Å²) >= 11 is 0. The molecule has 27 heavy (non-hydrogen) atoms. The minimum Gasteiger partial charge on any atom is -0.451 e. The van der Waals surface area contributed by atoms with Crippen LogP contribution in [0.4, 0.5) is 0 Å². The van der Waals surface area contributed by atoms with Gasteiger partial charge in [0, 0.05) is 34.1 Å². The molecule has 0 saturated heterocycles. The van der Waals surface area contributed by atoms with Crippen LogP contribution < -0.4 is 5.43 Å². The normalized spacial score (nSPS) is 12.8. The van der Waals surface area contributed by atoms with E-state index in [1.54, 1.807) is 12.3 Å². The molecule has 0 aliphatic carbocycles. The van der Waals surface area contributed by atoms with Gasteiger partial charge in [0.25, 0.3) is 0 Å². The molecule has 0 spiro atoms. The number of furan rings is 1. The van der Waals surface area contributed by atoms with E-state index >= 15 is 0 Å². The van der Waals surface area contributed by atoms with Crippen molar-refractivity contribution in [2.75, 3.05) is 0 Å². The van der Waals surface area contributed by atoms with Crippen LogP contribution in [0.15, 0.2) is 70.3 Å². The first-order valence-corrected chi connectivity index (χ1v) is 9.09. The molecule has 4 aromatic rings. The summed E-state index contributed by atoms with van der Waals surface area (Å²) in [5.41, 5.74) is 5.37. The molecule has 0 radical (unpaired) electrons. The number of amides is 1. The Morgan fingerprint density at radius 2 is 2.00 bits per heavy atom. The number of rotatable bonds is 5. The molecule has 136 valence electrons. The number of nitrogens with zero attached hydrogens (tertiary/aromatic N) is 2. The van der Waals surface area contributed by atoms with E-state index in [0.717, 1.165) is 28.3 Å². The summed E-state index contributed by atoms with van der Waals surface area (Å²) in [6.07, 6.45) is 4.80. The quantitative estimate of drug-likeness (QED) is 0.397. The van der Waals surface area contributed by atoms with Crippen LogP contribution in [0.5, 0.6) is 0 Å². The van der Waals surface area contributed by atoms with E-state index in [-0.39, 0.29) is 11.7 Å². The van der Waals surface area contributed by atoms with Gasteiger partial charge in [-0.3, -0.25) is 4.79 Å². The molecule has 5 nitrogen and oxygen atoms in total. The summed E-state index contributed by atoms with van der Waals surface area (Å²) in [5.74, 6) is -0.122. The van der Waals surface area contributed by atoms with Gasteiger partial charge in [-0.2, -0.15) is 5.10 Å². The SMILES string of the molecule is CC[C@@H](C)n1cc(/C=N/NC(=O)c2cc3ccccc3o2)c2ccccc21. The fraction of sp³-hybridized carbons (Fsp3) is 0.182. The van der Waals surface area contributed by atoms with Crippen molar-refractivity contribution in [1.82, 2.24) is 9.99 Å². The molecule has 0 fully saturated rings. The molecule has 2 heterocycles. The third-order valence-electron chi connectivity index (χ3n) is 4.86. The summed E-state index contributed by atoms with van der Waals surface area (Å²) < 4.78 is 7.81. The summed E-state index contributed by atoms with van der Waals surface area (Å²) in [6, 6.07) is 17.8. The molecule has 2 aromatic carbocycles. The van der Waals surface area contributed by atoms with Gasteiger partial charge in [-0.1, -0.05) is 43.3 Å². The van der Waals surface area contributed by atoms with Crippen LogP contribution in [0.2, 0.25) is 0 Å². The summed E-state index contributed by atoms with van der Waals surface area (Å²) in [5, 5.41) is 6.14. The van der Waals surface area contributed by atoms with Gasteiger partial charge in [0.1, 0.15) is 5.58 Å². The summed E-state index contributed by atoms with van der Waals surface area (Å²) in [7, 11) is 0. The van der Waals surface area contributed by atoms with Gasteiger partial charge in [-0.25, -0.2) is 5.43 Å². The van der Waals surface area contributed by atoms with Gasteiger partial charge < -0.3 is 8.98 Å². The lowest BCUT2D eigenvalue weighted by Crippen LogP contribution is -2.16. The van der Waals surface area contributed by atoms with E-state index in [2.05, 4.69) is 47.3 Å². The van der Waals surface area contributed by atoms with Crippen LogP contribution in [0, 0.1) is 0 Å². The largest absolute Gasteiger partial charge is 0.451 e. The first kappa shape index (κ1) is 17.1. The Morgan fingerprint density at radius 3 is 2.81 bits per heavy atom. The van der Waals surface area contributed by atoms with Gasteiger partial charge in [-0.15, -0.1) is 0 Å². The van der Waals surface area contributed by atoms with Crippen molar-refractivity contribution in [2.24, 2.45) is 5.10 Å². The van der Waals surface area contributed by atoms with Crippen LogP contribution in [0.25, 0.3) is 21.9 Å². The molecule has 0 aliphatic heterocycles. The molecular weight excluding hydrogens is 338 g/mol. The Balaban J connectivity index is 1.57. The van der Waals surface area contributed by atoms with Crippen molar-refractivity contribution in [3.63, 3.8) is 0 Å². The lowest BCUT2D eigenvalue weighted by molar-refractivity contribution is 0.0929. The molecular formula is C22H21N3O2. The van der Waals surface area contributed by atoms with Gasteiger partial charge in [-0.05, 0) is 31.5 Å². The zero-order chi connectivity index (χ0) is 18.8. The van der Waals surface area contributed by atoms with Crippen LogP contribution in [-0.4, -0.2) is 16.7 Å². The number of nitrogens with one attached hydrogen (secondary N) is 1. The van der Waals surface area contributed by atoms with Crippen molar-refractivity contribution in [1.29, 1.82) is 0 Å². The number of fused-ring (bicyclic) bond motifs is 2. The predicted octanol–water partition coefficient (Wildman–Crippen LogP) is 5.12. The average molecular weight is 359 g/mol. The zero-order valence-corrected chi connectivity index (χ0v) is 15.3. The second-order valence-electron chi connectivity index (χ2n) is 6.61. The van der Waals surface area contributed by atoms with Crippen molar-refractivity contribution in [3.05, 3.63) is 72.1 Å². The monoisotopic (exact) mass is 359 g/mol. The fourth-order valence-corrected chi connectivity index (χ4v) is 3.21.